The standard InChI is InChI=1S/C20H22ClN3O2/c21-17-6-8-18(9-7-17)23-20(26)19(25)22-11-3-12-24-13-10-15-4-1-2-5-16(15)14-24/h1-2,4-9H,3,10-14H2,(H,22,25)(H,23,26). The zero-order chi connectivity index (χ0) is 18.4. The fourth-order valence-corrected chi connectivity index (χ4v) is 3.18. The zero-order valence-electron chi connectivity index (χ0n) is 14.5. The molecule has 0 unspecified atom stereocenters. The van der Waals surface area contributed by atoms with E-state index in [1.165, 1.54) is 11.1 Å². The molecule has 136 valence electrons. The van der Waals surface area contributed by atoms with Crippen LogP contribution < -0.4 is 10.6 Å². The second-order valence-electron chi connectivity index (χ2n) is 6.37. The molecule has 2 aromatic rings. The fourth-order valence-electron chi connectivity index (χ4n) is 3.05. The van der Waals surface area contributed by atoms with Crippen molar-refractivity contribution in [3.63, 3.8) is 0 Å². The van der Waals surface area contributed by atoms with Gasteiger partial charge in [0.1, 0.15) is 0 Å². The molecular formula is C20H22ClN3O2. The van der Waals surface area contributed by atoms with Crippen LogP contribution in [0.5, 0.6) is 0 Å². The number of hydrogen-bond donors (Lipinski definition) is 2. The van der Waals surface area contributed by atoms with Crippen molar-refractivity contribution in [1.82, 2.24) is 10.2 Å². The van der Waals surface area contributed by atoms with Gasteiger partial charge in [-0.15, -0.1) is 0 Å². The van der Waals surface area contributed by atoms with Crippen molar-refractivity contribution in [3.8, 4) is 0 Å². The highest BCUT2D eigenvalue weighted by atomic mass is 35.5. The summed E-state index contributed by atoms with van der Waals surface area (Å²) in [6.07, 6.45) is 1.87. The van der Waals surface area contributed by atoms with Crippen molar-refractivity contribution in [3.05, 3.63) is 64.7 Å². The molecule has 0 aromatic heterocycles. The quantitative estimate of drug-likeness (QED) is 0.627. The van der Waals surface area contributed by atoms with Crippen molar-refractivity contribution in [1.29, 1.82) is 0 Å². The van der Waals surface area contributed by atoms with Crippen LogP contribution in [0.1, 0.15) is 17.5 Å². The van der Waals surface area contributed by atoms with Gasteiger partial charge in [-0.3, -0.25) is 14.5 Å². The molecule has 0 saturated carbocycles. The molecule has 1 heterocycles. The third kappa shape index (κ3) is 5.07. The molecule has 0 atom stereocenters. The smallest absolute Gasteiger partial charge is 0.313 e. The first-order valence-electron chi connectivity index (χ1n) is 8.76. The number of amides is 2. The minimum atomic E-state index is -0.667. The molecule has 1 aliphatic heterocycles. The summed E-state index contributed by atoms with van der Waals surface area (Å²) in [4.78, 5) is 26.1. The van der Waals surface area contributed by atoms with E-state index in [9.17, 15) is 9.59 Å². The van der Waals surface area contributed by atoms with Crippen LogP contribution in [0.15, 0.2) is 48.5 Å². The van der Waals surface area contributed by atoms with Gasteiger partial charge in [0.15, 0.2) is 0 Å². The summed E-state index contributed by atoms with van der Waals surface area (Å²) in [5.74, 6) is -1.29. The van der Waals surface area contributed by atoms with Gasteiger partial charge in [0, 0.05) is 36.9 Å². The molecule has 26 heavy (non-hydrogen) atoms. The van der Waals surface area contributed by atoms with Crippen molar-refractivity contribution >= 4 is 29.1 Å². The molecule has 6 heteroatoms. The van der Waals surface area contributed by atoms with E-state index >= 15 is 0 Å². The van der Waals surface area contributed by atoms with E-state index in [2.05, 4.69) is 39.8 Å². The van der Waals surface area contributed by atoms with Crippen LogP contribution in [-0.2, 0) is 22.6 Å². The molecule has 0 saturated heterocycles. The molecule has 0 aliphatic carbocycles. The summed E-state index contributed by atoms with van der Waals surface area (Å²) in [5, 5.41) is 5.80. The van der Waals surface area contributed by atoms with Crippen LogP contribution in [0.3, 0.4) is 0 Å². The summed E-state index contributed by atoms with van der Waals surface area (Å²) in [5.41, 5.74) is 3.35. The van der Waals surface area contributed by atoms with E-state index in [0.717, 1.165) is 32.5 Å². The topological polar surface area (TPSA) is 61.4 Å². The Hall–Kier alpha value is -2.37. The van der Waals surface area contributed by atoms with Gasteiger partial charge < -0.3 is 10.6 Å². The maximum Gasteiger partial charge on any atom is 0.313 e. The Morgan fingerprint density at radius 1 is 1.00 bits per heavy atom. The molecule has 0 fully saturated rings. The van der Waals surface area contributed by atoms with Crippen molar-refractivity contribution in [2.24, 2.45) is 0 Å². The number of hydrogen-bond acceptors (Lipinski definition) is 3. The third-order valence-corrected chi connectivity index (χ3v) is 4.71. The Labute approximate surface area is 158 Å². The molecule has 0 radical (unpaired) electrons. The average Bonchev–Trinajstić information content (AvgIpc) is 2.66. The van der Waals surface area contributed by atoms with Crippen LogP contribution in [0.25, 0.3) is 0 Å². The minimum absolute atomic E-state index is 0.477. The number of carbonyl (C=O) groups excluding carboxylic acids is 2. The van der Waals surface area contributed by atoms with Gasteiger partial charge in [-0.05, 0) is 48.2 Å². The highest BCUT2D eigenvalue weighted by Gasteiger charge is 2.16. The van der Waals surface area contributed by atoms with E-state index in [-0.39, 0.29) is 0 Å². The first-order valence-corrected chi connectivity index (χ1v) is 9.13. The second kappa shape index (κ2) is 8.83. The number of anilines is 1. The molecule has 5 nitrogen and oxygen atoms in total. The normalized spacial score (nSPS) is 13.7. The Kier molecular flexibility index (Phi) is 6.26. The lowest BCUT2D eigenvalue weighted by Crippen LogP contribution is -2.37. The van der Waals surface area contributed by atoms with Gasteiger partial charge in [-0.1, -0.05) is 35.9 Å². The molecule has 2 aromatic carbocycles. The Bertz CT molecular complexity index is 777. The van der Waals surface area contributed by atoms with Gasteiger partial charge in [0.25, 0.3) is 0 Å². The van der Waals surface area contributed by atoms with Crippen LogP contribution in [0.2, 0.25) is 5.02 Å². The van der Waals surface area contributed by atoms with Gasteiger partial charge in [-0.25, -0.2) is 0 Å². The lowest BCUT2D eigenvalue weighted by molar-refractivity contribution is -0.136. The van der Waals surface area contributed by atoms with Gasteiger partial charge >= 0.3 is 11.8 Å². The van der Waals surface area contributed by atoms with Crippen LogP contribution in [-0.4, -0.2) is 36.3 Å². The van der Waals surface area contributed by atoms with Crippen LogP contribution in [0.4, 0.5) is 5.69 Å². The maximum atomic E-state index is 11.9. The van der Waals surface area contributed by atoms with E-state index in [0.29, 0.717) is 17.3 Å². The van der Waals surface area contributed by atoms with Gasteiger partial charge in [0.2, 0.25) is 0 Å². The number of nitrogens with one attached hydrogen (secondary N) is 2. The average molecular weight is 372 g/mol. The van der Waals surface area contributed by atoms with E-state index in [1.54, 1.807) is 24.3 Å². The number of nitrogens with zero attached hydrogens (tertiary/aromatic N) is 1. The van der Waals surface area contributed by atoms with E-state index in [4.69, 9.17) is 11.6 Å². The van der Waals surface area contributed by atoms with Crippen LogP contribution >= 0.6 is 11.6 Å². The van der Waals surface area contributed by atoms with E-state index < -0.39 is 11.8 Å². The summed E-state index contributed by atoms with van der Waals surface area (Å²) in [7, 11) is 0. The van der Waals surface area contributed by atoms with Crippen molar-refractivity contribution in [2.45, 2.75) is 19.4 Å². The monoisotopic (exact) mass is 371 g/mol. The van der Waals surface area contributed by atoms with E-state index in [1.807, 2.05) is 0 Å². The number of rotatable bonds is 5. The molecular weight excluding hydrogens is 350 g/mol. The number of fused-ring (bicyclic) bond motifs is 1. The second-order valence-corrected chi connectivity index (χ2v) is 6.80. The summed E-state index contributed by atoms with van der Waals surface area (Å²) in [6.45, 7) is 3.35. The molecule has 3 rings (SSSR count). The third-order valence-electron chi connectivity index (χ3n) is 4.45. The largest absolute Gasteiger partial charge is 0.348 e. The van der Waals surface area contributed by atoms with Crippen molar-refractivity contribution in [2.75, 3.05) is 25.0 Å². The first-order chi connectivity index (χ1) is 12.6. The fraction of sp³-hybridized carbons (Fsp3) is 0.300. The highest BCUT2D eigenvalue weighted by Crippen LogP contribution is 2.18. The molecule has 2 N–H and O–H groups in total. The lowest BCUT2D eigenvalue weighted by Gasteiger charge is -2.28. The molecule has 0 spiro atoms. The van der Waals surface area contributed by atoms with Crippen molar-refractivity contribution < 1.29 is 9.59 Å². The predicted molar refractivity (Wildman–Crippen MR) is 103 cm³/mol. The first kappa shape index (κ1) is 18.4. The Morgan fingerprint density at radius 3 is 2.50 bits per heavy atom. The van der Waals surface area contributed by atoms with Gasteiger partial charge in [-0.2, -0.15) is 0 Å². The molecule has 0 bridgehead atoms. The Morgan fingerprint density at radius 2 is 1.73 bits per heavy atom. The molecule has 1 aliphatic rings. The SMILES string of the molecule is O=C(NCCCN1CCc2ccccc2C1)C(=O)Nc1ccc(Cl)cc1. The van der Waals surface area contributed by atoms with Crippen LogP contribution in [0, 0.1) is 0 Å². The number of carbonyl (C=O) groups is 2. The number of halogens is 1. The predicted octanol–water partition coefficient (Wildman–Crippen LogP) is 2.84. The minimum Gasteiger partial charge on any atom is -0.348 e. The number of benzene rings is 2. The summed E-state index contributed by atoms with van der Waals surface area (Å²) in [6, 6.07) is 15.1. The zero-order valence-corrected chi connectivity index (χ0v) is 15.3. The van der Waals surface area contributed by atoms with Gasteiger partial charge in [0.05, 0.1) is 0 Å². The Balaban J connectivity index is 1.36. The summed E-state index contributed by atoms with van der Waals surface area (Å²) >= 11 is 5.79. The lowest BCUT2D eigenvalue weighted by atomic mass is 10.00. The molecule has 2 amide bonds. The highest BCUT2D eigenvalue weighted by molar-refractivity contribution is 6.39. The maximum absolute atomic E-state index is 11.9. The summed E-state index contributed by atoms with van der Waals surface area (Å²) < 4.78 is 0.